The Morgan fingerprint density at radius 3 is 2.27 bits per heavy atom. The Morgan fingerprint density at radius 2 is 1.62 bits per heavy atom. The van der Waals surface area contributed by atoms with E-state index in [0.29, 0.717) is 29.6 Å². The lowest BCUT2D eigenvalue weighted by Gasteiger charge is -2.29. The maximum absolute atomic E-state index is 13.4. The SMILES string of the molecule is CC(C(=O)NCc1ccc(Cl)cc1Cl)N(Cc1ccccc1)C(=O)CCc1ccc(S(=O)(=O)N2CCCC2)cc1. The van der Waals surface area contributed by atoms with Gasteiger partial charge >= 0.3 is 0 Å². The number of nitrogens with one attached hydrogen (secondary N) is 1. The Morgan fingerprint density at radius 1 is 0.950 bits per heavy atom. The average Bonchev–Trinajstić information content (AvgIpc) is 3.51. The second-order valence-electron chi connectivity index (χ2n) is 9.89. The zero-order valence-corrected chi connectivity index (χ0v) is 24.7. The lowest BCUT2D eigenvalue weighted by atomic mass is 10.1. The van der Waals surface area contributed by atoms with Gasteiger partial charge < -0.3 is 10.2 Å². The van der Waals surface area contributed by atoms with E-state index in [4.69, 9.17) is 23.2 Å². The van der Waals surface area contributed by atoms with E-state index in [-0.39, 0.29) is 36.2 Å². The third kappa shape index (κ3) is 7.63. The molecule has 1 N–H and O–H groups in total. The summed E-state index contributed by atoms with van der Waals surface area (Å²) in [5.41, 5.74) is 2.48. The fraction of sp³-hybridized carbons (Fsp3) is 0.333. The van der Waals surface area contributed by atoms with Crippen LogP contribution in [0.15, 0.2) is 77.7 Å². The van der Waals surface area contributed by atoms with Crippen LogP contribution in [0.3, 0.4) is 0 Å². The number of hydrogen-bond acceptors (Lipinski definition) is 4. The molecule has 1 atom stereocenters. The summed E-state index contributed by atoms with van der Waals surface area (Å²) in [5.74, 6) is -0.475. The first-order valence-corrected chi connectivity index (χ1v) is 15.5. The maximum atomic E-state index is 13.4. The Bertz CT molecular complexity index is 1430. The molecule has 3 aromatic rings. The minimum absolute atomic E-state index is 0.172. The van der Waals surface area contributed by atoms with Gasteiger partial charge in [-0.2, -0.15) is 4.31 Å². The van der Waals surface area contributed by atoms with E-state index in [9.17, 15) is 18.0 Å². The van der Waals surface area contributed by atoms with Crippen LogP contribution < -0.4 is 5.32 Å². The van der Waals surface area contributed by atoms with Crippen LogP contribution in [-0.4, -0.2) is 48.6 Å². The summed E-state index contributed by atoms with van der Waals surface area (Å²) in [5, 5.41) is 3.84. The highest BCUT2D eigenvalue weighted by molar-refractivity contribution is 7.89. The molecule has 0 aliphatic carbocycles. The van der Waals surface area contributed by atoms with Crippen LogP contribution in [0.2, 0.25) is 10.0 Å². The lowest BCUT2D eigenvalue weighted by Crippen LogP contribution is -2.47. The smallest absolute Gasteiger partial charge is 0.243 e. The van der Waals surface area contributed by atoms with Crippen molar-refractivity contribution in [2.45, 2.75) is 56.6 Å². The van der Waals surface area contributed by atoms with Gasteiger partial charge in [-0.05, 0) is 67.1 Å². The highest BCUT2D eigenvalue weighted by Crippen LogP contribution is 2.23. The van der Waals surface area contributed by atoms with E-state index in [1.165, 1.54) is 4.31 Å². The molecule has 1 fully saturated rings. The van der Waals surface area contributed by atoms with Gasteiger partial charge in [0.1, 0.15) is 6.04 Å². The Hall–Kier alpha value is -2.91. The van der Waals surface area contributed by atoms with Gasteiger partial charge in [0.15, 0.2) is 0 Å². The fourth-order valence-corrected chi connectivity index (χ4v) is 6.65. The second-order valence-corrected chi connectivity index (χ2v) is 12.7. The summed E-state index contributed by atoms with van der Waals surface area (Å²) in [6, 6.07) is 20.6. The molecule has 1 saturated heterocycles. The van der Waals surface area contributed by atoms with E-state index >= 15 is 0 Å². The van der Waals surface area contributed by atoms with Crippen molar-refractivity contribution in [1.82, 2.24) is 14.5 Å². The molecule has 4 rings (SSSR count). The number of aryl methyl sites for hydroxylation is 1. The van der Waals surface area contributed by atoms with Crippen LogP contribution >= 0.6 is 23.2 Å². The van der Waals surface area contributed by atoms with E-state index in [2.05, 4.69) is 5.32 Å². The molecule has 0 aromatic heterocycles. The van der Waals surface area contributed by atoms with Crippen molar-refractivity contribution in [2.75, 3.05) is 13.1 Å². The molecule has 0 radical (unpaired) electrons. The minimum atomic E-state index is -3.49. The monoisotopic (exact) mass is 601 g/mol. The van der Waals surface area contributed by atoms with Crippen molar-refractivity contribution >= 4 is 45.0 Å². The molecule has 1 aliphatic rings. The highest BCUT2D eigenvalue weighted by Gasteiger charge is 2.28. The van der Waals surface area contributed by atoms with Gasteiger partial charge in [-0.1, -0.05) is 71.7 Å². The van der Waals surface area contributed by atoms with E-state index < -0.39 is 16.1 Å². The van der Waals surface area contributed by atoms with Gasteiger partial charge in [-0.15, -0.1) is 0 Å². The van der Waals surface area contributed by atoms with Crippen LogP contribution in [0.5, 0.6) is 0 Å². The van der Waals surface area contributed by atoms with Crippen molar-refractivity contribution in [3.8, 4) is 0 Å². The maximum Gasteiger partial charge on any atom is 0.243 e. The third-order valence-electron chi connectivity index (χ3n) is 7.08. The van der Waals surface area contributed by atoms with Crippen molar-refractivity contribution in [1.29, 1.82) is 0 Å². The molecule has 40 heavy (non-hydrogen) atoms. The molecule has 1 heterocycles. The molecule has 212 valence electrons. The summed E-state index contributed by atoms with van der Waals surface area (Å²) in [7, 11) is -3.49. The molecule has 0 spiro atoms. The van der Waals surface area contributed by atoms with Crippen LogP contribution in [0.1, 0.15) is 42.9 Å². The first-order chi connectivity index (χ1) is 19.1. The Kier molecular flexibility index (Phi) is 10.2. The van der Waals surface area contributed by atoms with Gasteiger partial charge in [0.2, 0.25) is 21.8 Å². The number of nitrogens with zero attached hydrogens (tertiary/aromatic N) is 2. The van der Waals surface area contributed by atoms with Crippen molar-refractivity contribution in [2.24, 2.45) is 0 Å². The first kappa shape index (κ1) is 30.1. The predicted molar refractivity (Wildman–Crippen MR) is 158 cm³/mol. The molecule has 1 unspecified atom stereocenters. The Labute approximate surface area is 246 Å². The van der Waals surface area contributed by atoms with E-state index in [0.717, 1.165) is 29.5 Å². The number of sulfonamides is 1. The zero-order chi connectivity index (χ0) is 28.7. The number of hydrogen-bond donors (Lipinski definition) is 1. The molecular formula is C30H33Cl2N3O4S. The van der Waals surface area contributed by atoms with Crippen molar-refractivity contribution in [3.05, 3.63) is 99.5 Å². The number of carbonyl (C=O) groups is 2. The second kappa shape index (κ2) is 13.6. The number of amides is 2. The van der Waals surface area contributed by atoms with Crippen LogP contribution in [0.25, 0.3) is 0 Å². The summed E-state index contributed by atoms with van der Waals surface area (Å²) in [6.45, 7) is 3.29. The molecule has 2 amide bonds. The van der Waals surface area contributed by atoms with Crippen LogP contribution in [0, 0.1) is 0 Å². The number of benzene rings is 3. The van der Waals surface area contributed by atoms with Gasteiger partial charge in [0.05, 0.1) is 4.90 Å². The van der Waals surface area contributed by atoms with Crippen molar-refractivity contribution in [3.63, 3.8) is 0 Å². The standard InChI is InChI=1S/C30H33Cl2N3O4S/c1-22(30(37)33-20-25-12-13-26(31)19-28(25)32)35(21-24-7-3-2-4-8-24)29(36)16-11-23-9-14-27(15-10-23)40(38,39)34-17-5-6-18-34/h2-4,7-10,12-15,19,22H,5-6,11,16-18,20-21H2,1H3,(H,33,37). The van der Waals surface area contributed by atoms with E-state index in [1.54, 1.807) is 54.3 Å². The minimum Gasteiger partial charge on any atom is -0.350 e. The summed E-state index contributed by atoms with van der Waals surface area (Å²) >= 11 is 12.2. The molecule has 10 heteroatoms. The molecule has 7 nitrogen and oxygen atoms in total. The van der Waals surface area contributed by atoms with Gasteiger partial charge in [-0.3, -0.25) is 9.59 Å². The molecule has 1 aliphatic heterocycles. The molecule has 0 saturated carbocycles. The quantitative estimate of drug-likeness (QED) is 0.317. The average molecular weight is 603 g/mol. The fourth-order valence-electron chi connectivity index (χ4n) is 4.66. The van der Waals surface area contributed by atoms with Gasteiger partial charge in [0, 0.05) is 42.6 Å². The van der Waals surface area contributed by atoms with Crippen molar-refractivity contribution < 1.29 is 18.0 Å². The summed E-state index contributed by atoms with van der Waals surface area (Å²) in [4.78, 5) is 28.4. The summed E-state index contributed by atoms with van der Waals surface area (Å²) in [6.07, 6.45) is 2.35. The van der Waals surface area contributed by atoms with Crippen LogP contribution in [0.4, 0.5) is 0 Å². The third-order valence-corrected chi connectivity index (χ3v) is 9.58. The normalized spacial score (nSPS) is 14.6. The van der Waals surface area contributed by atoms with Crippen LogP contribution in [-0.2, 0) is 39.1 Å². The predicted octanol–water partition coefficient (Wildman–Crippen LogP) is 5.44. The largest absolute Gasteiger partial charge is 0.350 e. The first-order valence-electron chi connectivity index (χ1n) is 13.3. The molecule has 3 aromatic carbocycles. The number of rotatable bonds is 11. The number of carbonyl (C=O) groups excluding carboxylic acids is 2. The van der Waals surface area contributed by atoms with E-state index in [1.807, 2.05) is 30.3 Å². The Balaban J connectivity index is 1.41. The highest BCUT2D eigenvalue weighted by atomic mass is 35.5. The molecular weight excluding hydrogens is 569 g/mol. The zero-order valence-electron chi connectivity index (χ0n) is 22.4. The number of halogens is 2. The van der Waals surface area contributed by atoms with Gasteiger partial charge in [0.25, 0.3) is 0 Å². The molecule has 0 bridgehead atoms. The lowest BCUT2D eigenvalue weighted by molar-refractivity contribution is -0.140. The summed E-state index contributed by atoms with van der Waals surface area (Å²) < 4.78 is 27.1. The van der Waals surface area contributed by atoms with Gasteiger partial charge in [-0.25, -0.2) is 8.42 Å². The topological polar surface area (TPSA) is 86.8 Å².